The molecule has 0 aromatic carbocycles. The van der Waals surface area contributed by atoms with E-state index in [0.29, 0.717) is 19.3 Å². The molecule has 6 aliphatic rings. The Hall–Kier alpha value is -2.19. The monoisotopic (exact) mass is 914 g/mol. The van der Waals surface area contributed by atoms with Crippen LogP contribution in [0, 0.1) is 41.4 Å². The van der Waals surface area contributed by atoms with Crippen LogP contribution >= 0.6 is 0 Å². The van der Waals surface area contributed by atoms with Gasteiger partial charge in [0.1, 0.15) is 24.4 Å². The van der Waals surface area contributed by atoms with Crippen molar-refractivity contribution >= 4 is 17.7 Å². The van der Waals surface area contributed by atoms with Crippen LogP contribution in [-0.2, 0) is 52.3 Å². The second-order valence-electron chi connectivity index (χ2n) is 20.6. The average Bonchev–Trinajstić information content (AvgIpc) is 3.88. The molecule has 4 fully saturated rings. The first-order chi connectivity index (χ1) is 31.3. The Balaban J connectivity index is 1.16. The number of unbranched alkanes of at least 4 members (excludes halogenated alkanes) is 4. The van der Waals surface area contributed by atoms with Gasteiger partial charge >= 0.3 is 5.97 Å². The zero-order valence-electron chi connectivity index (χ0n) is 42.0. The number of carbonyl (C=O) groups excluding carboxylic acids is 3. The zero-order chi connectivity index (χ0) is 46.9. The lowest BCUT2D eigenvalue weighted by Gasteiger charge is -2.44. The van der Waals surface area contributed by atoms with E-state index >= 15 is 4.79 Å². The number of nitrogens with zero attached hydrogens (tertiary/aromatic N) is 1. The number of hydrogen-bond donors (Lipinski definition) is 0. The Morgan fingerprint density at radius 2 is 1.51 bits per heavy atom. The number of ketones is 1. The Labute approximate surface area is 391 Å². The van der Waals surface area contributed by atoms with E-state index in [9.17, 15) is 9.59 Å². The molecule has 0 aromatic rings. The molecule has 0 aromatic heterocycles. The average molecular weight is 914 g/mol. The van der Waals surface area contributed by atoms with Crippen molar-refractivity contribution in [1.82, 2.24) is 4.90 Å². The SMILES string of the molecule is CCCCCCC(CCCC)C(=O)N(C)[C@H]1CC[C@H](O[C@H]2CCC[C@H](CC)OC(=O)C[C@@H]3C(=C[C@@H]4[C@H]3C=C(C)[C@@H]3C[C@@H](O[C@@H]5OC(C)[C@H](OC)C(OC)[C@@H]5OC)C[C@@H]43)C(=O)[C@@H]2C)OC1C. The lowest BCUT2D eigenvalue weighted by atomic mass is 9.67. The number of likely N-dealkylation sites (N-methyl/N-ethyl adjacent to an activating group) is 1. The fourth-order valence-corrected chi connectivity index (χ4v) is 12.7. The number of fused-ring (bicyclic) bond motifs is 5. The zero-order valence-corrected chi connectivity index (χ0v) is 42.0. The highest BCUT2D eigenvalue weighted by molar-refractivity contribution is 5.99. The van der Waals surface area contributed by atoms with Gasteiger partial charge in [-0.25, -0.2) is 0 Å². The van der Waals surface area contributed by atoms with E-state index < -0.39 is 24.6 Å². The molecule has 0 radical (unpaired) electrons. The van der Waals surface area contributed by atoms with Crippen molar-refractivity contribution in [2.24, 2.45) is 41.4 Å². The minimum absolute atomic E-state index is 0.00571. The van der Waals surface area contributed by atoms with Gasteiger partial charge in [-0.3, -0.25) is 14.4 Å². The summed E-state index contributed by atoms with van der Waals surface area (Å²) in [6.45, 7) is 14.7. The van der Waals surface area contributed by atoms with Gasteiger partial charge in [-0.05, 0) is 108 Å². The molecule has 1 amide bonds. The van der Waals surface area contributed by atoms with Crippen molar-refractivity contribution in [2.45, 2.75) is 225 Å². The molecule has 12 heteroatoms. The number of esters is 1. The maximum atomic E-state index is 15.0. The van der Waals surface area contributed by atoms with Gasteiger partial charge in [0.05, 0.1) is 36.9 Å². The lowest BCUT2D eigenvalue weighted by Crippen LogP contribution is -2.59. The molecule has 0 spiro atoms. The summed E-state index contributed by atoms with van der Waals surface area (Å²) in [5.74, 6) is 0.0130. The molecule has 370 valence electrons. The maximum Gasteiger partial charge on any atom is 0.306 e. The van der Waals surface area contributed by atoms with E-state index in [4.69, 9.17) is 37.9 Å². The number of amides is 1. The predicted molar refractivity (Wildman–Crippen MR) is 250 cm³/mol. The number of ether oxygens (including phenoxy) is 8. The molecule has 1 saturated carbocycles. The third kappa shape index (κ3) is 12.2. The summed E-state index contributed by atoms with van der Waals surface area (Å²) in [6, 6.07) is -0.0309. The van der Waals surface area contributed by atoms with Crippen molar-refractivity contribution in [2.75, 3.05) is 28.4 Å². The standard InChI is InChI=1S/C53H87NO11/c1-12-15-17-18-21-35(20-16-13-2)52(57)54(8)44-24-25-47(61-33(44)6)65-45-23-19-22-36(14-3)63-46(55)30-42-39-26-31(4)38-27-37(28-40(38)41(39)29-43(42)48(56)32(45)5)64-53-51(60-11)50(59-10)49(58-9)34(7)62-53/h26,29,32-42,44-45,47,49-51,53H,12-25,27-28,30H2,1-11H3/t32-,33?,34?,35?,36+,37-,38+,39-,40-,41-,42+,44+,45+,47+,49+,50?,51+,53+/m1/s1. The summed E-state index contributed by atoms with van der Waals surface area (Å²) in [5, 5.41) is 0. The quantitative estimate of drug-likeness (QED) is 0.0741. The number of allylic oxidation sites excluding steroid dienone is 4. The van der Waals surface area contributed by atoms with Crippen LogP contribution in [0.4, 0.5) is 0 Å². The summed E-state index contributed by atoms with van der Waals surface area (Å²) < 4.78 is 50.4. The number of hydrogen-bond acceptors (Lipinski definition) is 11. The molecule has 6 rings (SSSR count). The highest BCUT2D eigenvalue weighted by atomic mass is 16.7. The first-order valence-corrected chi connectivity index (χ1v) is 25.9. The van der Waals surface area contributed by atoms with Gasteiger partial charge in [-0.2, -0.15) is 0 Å². The van der Waals surface area contributed by atoms with Crippen LogP contribution in [-0.4, -0.2) is 118 Å². The fourth-order valence-electron chi connectivity index (χ4n) is 12.7. The summed E-state index contributed by atoms with van der Waals surface area (Å²) in [5.41, 5.74) is 2.03. The molecule has 18 atom stereocenters. The maximum absolute atomic E-state index is 15.0. The third-order valence-electron chi connectivity index (χ3n) is 16.5. The first kappa shape index (κ1) is 52.2. The van der Waals surface area contributed by atoms with Crippen molar-refractivity contribution in [1.29, 1.82) is 0 Å². The third-order valence-corrected chi connectivity index (χ3v) is 16.5. The van der Waals surface area contributed by atoms with Gasteiger partial charge < -0.3 is 42.8 Å². The van der Waals surface area contributed by atoms with E-state index in [2.05, 4.69) is 46.8 Å². The lowest BCUT2D eigenvalue weighted by molar-refractivity contribution is -0.314. The van der Waals surface area contributed by atoms with Crippen molar-refractivity contribution in [3.8, 4) is 0 Å². The van der Waals surface area contributed by atoms with E-state index in [0.717, 1.165) is 69.8 Å². The highest BCUT2D eigenvalue weighted by Crippen LogP contribution is 2.56. The fraction of sp³-hybridized carbons (Fsp3) is 0.868. The summed E-state index contributed by atoms with van der Waals surface area (Å²) in [4.78, 5) is 44.7. The molecule has 3 saturated heterocycles. The van der Waals surface area contributed by atoms with Crippen LogP contribution < -0.4 is 0 Å². The van der Waals surface area contributed by atoms with E-state index in [1.165, 1.54) is 24.8 Å². The molecule has 4 unspecified atom stereocenters. The molecule has 12 nitrogen and oxygen atoms in total. The normalized spacial score (nSPS) is 39.5. The topological polar surface area (TPSA) is 128 Å². The van der Waals surface area contributed by atoms with Gasteiger partial charge in [0.2, 0.25) is 5.91 Å². The molecule has 3 heterocycles. The molecule has 65 heavy (non-hydrogen) atoms. The van der Waals surface area contributed by atoms with Crippen LogP contribution in [0.5, 0.6) is 0 Å². The summed E-state index contributed by atoms with van der Waals surface area (Å²) in [6.07, 6.45) is 16.1. The molecule has 0 N–H and O–H groups in total. The van der Waals surface area contributed by atoms with Gasteiger partial charge in [-0.15, -0.1) is 0 Å². The minimum atomic E-state index is -0.618. The van der Waals surface area contributed by atoms with Crippen molar-refractivity contribution in [3.63, 3.8) is 0 Å². The Kier molecular flexibility index (Phi) is 19.6. The van der Waals surface area contributed by atoms with Gasteiger partial charge in [0.15, 0.2) is 18.4 Å². The number of methoxy groups -OCH3 is 3. The van der Waals surface area contributed by atoms with Gasteiger partial charge in [-0.1, -0.05) is 83.9 Å². The van der Waals surface area contributed by atoms with Crippen LogP contribution in [0.1, 0.15) is 158 Å². The number of cyclic esters (lactones) is 1. The smallest absolute Gasteiger partial charge is 0.306 e. The largest absolute Gasteiger partial charge is 0.462 e. The first-order valence-electron chi connectivity index (χ1n) is 25.9. The van der Waals surface area contributed by atoms with E-state index in [-0.39, 0.29) is 108 Å². The molecular weight excluding hydrogens is 827 g/mol. The number of carbonyl (C=O) groups is 3. The minimum Gasteiger partial charge on any atom is -0.462 e. The Morgan fingerprint density at radius 3 is 2.18 bits per heavy atom. The van der Waals surface area contributed by atoms with Crippen LogP contribution in [0.3, 0.4) is 0 Å². The summed E-state index contributed by atoms with van der Waals surface area (Å²) in [7, 11) is 6.94. The van der Waals surface area contributed by atoms with Crippen LogP contribution in [0.25, 0.3) is 0 Å². The number of rotatable bonds is 18. The second-order valence-corrected chi connectivity index (χ2v) is 20.6. The summed E-state index contributed by atoms with van der Waals surface area (Å²) >= 11 is 0. The van der Waals surface area contributed by atoms with E-state index in [1.807, 2.05) is 25.8 Å². The Morgan fingerprint density at radius 1 is 0.785 bits per heavy atom. The predicted octanol–water partition coefficient (Wildman–Crippen LogP) is 9.55. The second kappa shape index (κ2) is 24.4. The van der Waals surface area contributed by atoms with E-state index in [1.54, 1.807) is 21.3 Å². The van der Waals surface area contributed by atoms with Gasteiger partial charge in [0.25, 0.3) is 0 Å². The highest BCUT2D eigenvalue weighted by Gasteiger charge is 2.54. The molecule has 3 aliphatic carbocycles. The molecule has 0 bridgehead atoms. The number of Topliss-reactive ketones (excluding diaryl/α,β-unsaturated/α-hetero) is 1. The van der Waals surface area contributed by atoms with Crippen LogP contribution in [0.15, 0.2) is 23.3 Å². The van der Waals surface area contributed by atoms with Gasteiger partial charge in [0, 0.05) is 52.6 Å². The molecular formula is C53H87NO11. The molecule has 3 aliphatic heterocycles. The van der Waals surface area contributed by atoms with Crippen LogP contribution in [0.2, 0.25) is 0 Å². The Bertz CT molecular complexity index is 1620. The van der Waals surface area contributed by atoms with Crippen molar-refractivity contribution < 1.29 is 52.3 Å². The van der Waals surface area contributed by atoms with Crippen molar-refractivity contribution in [3.05, 3.63) is 23.3 Å².